The second kappa shape index (κ2) is 10.7. The summed E-state index contributed by atoms with van der Waals surface area (Å²) in [6, 6.07) is 20.1. The number of hydrogen-bond donors (Lipinski definition) is 0. The molecule has 0 radical (unpaired) electrons. The monoisotopic (exact) mass is 408 g/mol. The van der Waals surface area contributed by atoms with Crippen molar-refractivity contribution in [3.8, 4) is 0 Å². The van der Waals surface area contributed by atoms with Crippen LogP contribution in [0.3, 0.4) is 0 Å². The van der Waals surface area contributed by atoms with Crippen molar-refractivity contribution in [2.45, 2.75) is 33.5 Å². The number of nitrogens with zero attached hydrogens (tertiary/aromatic N) is 2. The zero-order chi connectivity index (χ0) is 21.3. The Hall–Kier alpha value is -2.92. The molecule has 0 fully saturated rings. The Bertz CT molecular complexity index is 893. The van der Waals surface area contributed by atoms with Crippen LogP contribution in [0.15, 0.2) is 77.4 Å². The molecule has 0 saturated heterocycles. The molecule has 30 heavy (non-hydrogen) atoms. The summed E-state index contributed by atoms with van der Waals surface area (Å²) >= 11 is 0. The minimum absolute atomic E-state index is 0.0207. The predicted octanol–water partition coefficient (Wildman–Crippen LogP) is 5.11. The summed E-state index contributed by atoms with van der Waals surface area (Å²) in [5.41, 5.74) is 2.07. The van der Waals surface area contributed by atoms with Gasteiger partial charge >= 0.3 is 0 Å². The molecule has 0 aliphatic carbocycles. The zero-order valence-electron chi connectivity index (χ0n) is 17.6. The lowest BCUT2D eigenvalue weighted by Crippen LogP contribution is -2.40. The summed E-state index contributed by atoms with van der Waals surface area (Å²) in [4.78, 5) is 17.2. The minimum atomic E-state index is -0.284. The van der Waals surface area contributed by atoms with Gasteiger partial charge in [0.2, 0.25) is 5.91 Å². The fourth-order valence-corrected chi connectivity index (χ4v) is 3.47. The molecule has 3 aromatic rings. The Kier molecular flexibility index (Phi) is 7.80. The zero-order valence-corrected chi connectivity index (χ0v) is 17.6. The van der Waals surface area contributed by atoms with Crippen molar-refractivity contribution in [1.82, 2.24) is 9.80 Å². The van der Waals surface area contributed by atoms with Gasteiger partial charge in [-0.3, -0.25) is 9.69 Å². The number of rotatable bonds is 10. The van der Waals surface area contributed by atoms with Gasteiger partial charge in [-0.2, -0.15) is 0 Å². The Morgan fingerprint density at radius 1 is 0.900 bits per heavy atom. The largest absolute Gasteiger partial charge is 0.467 e. The van der Waals surface area contributed by atoms with E-state index in [2.05, 4.69) is 30.9 Å². The summed E-state index contributed by atoms with van der Waals surface area (Å²) in [7, 11) is 0. The Morgan fingerprint density at radius 2 is 1.60 bits per heavy atom. The van der Waals surface area contributed by atoms with E-state index in [4.69, 9.17) is 4.42 Å². The molecule has 1 amide bonds. The van der Waals surface area contributed by atoms with Gasteiger partial charge in [0.25, 0.3) is 0 Å². The van der Waals surface area contributed by atoms with Crippen LogP contribution in [0.4, 0.5) is 4.39 Å². The van der Waals surface area contributed by atoms with Crippen LogP contribution in [0.25, 0.3) is 0 Å². The molecule has 1 heterocycles. The summed E-state index contributed by atoms with van der Waals surface area (Å²) in [6.07, 6.45) is 1.61. The van der Waals surface area contributed by atoms with E-state index in [0.717, 1.165) is 24.4 Å². The highest BCUT2D eigenvalue weighted by atomic mass is 19.1. The lowest BCUT2D eigenvalue weighted by atomic mass is 10.1. The number of benzene rings is 2. The number of halogens is 1. The molecule has 0 unspecified atom stereocenters. The maximum atomic E-state index is 13.3. The van der Waals surface area contributed by atoms with Crippen LogP contribution in [-0.4, -0.2) is 28.8 Å². The van der Waals surface area contributed by atoms with Crippen molar-refractivity contribution in [3.05, 3.63) is 95.7 Å². The first kappa shape index (κ1) is 21.8. The third kappa shape index (κ3) is 6.85. The first-order valence-electron chi connectivity index (χ1n) is 10.3. The van der Waals surface area contributed by atoms with Crippen LogP contribution in [0.1, 0.15) is 30.7 Å². The van der Waals surface area contributed by atoms with Crippen molar-refractivity contribution in [2.24, 2.45) is 5.92 Å². The smallest absolute Gasteiger partial charge is 0.237 e. The number of furan rings is 1. The fraction of sp³-hybridized carbons (Fsp3) is 0.320. The van der Waals surface area contributed by atoms with E-state index in [1.165, 1.54) is 17.7 Å². The van der Waals surface area contributed by atoms with E-state index in [1.54, 1.807) is 23.3 Å². The van der Waals surface area contributed by atoms with Gasteiger partial charge in [-0.15, -0.1) is 0 Å². The van der Waals surface area contributed by atoms with Crippen molar-refractivity contribution < 1.29 is 13.6 Å². The molecule has 1 aromatic heterocycles. The lowest BCUT2D eigenvalue weighted by Gasteiger charge is -2.28. The highest BCUT2D eigenvalue weighted by Crippen LogP contribution is 2.14. The standard InChI is InChI=1S/C25H29FN2O2/c1-20(2)15-27(16-21-7-4-3-5-8-21)19-25(29)28(18-24-9-6-14-30-24)17-22-10-12-23(26)13-11-22/h3-14,20H,15-19H2,1-2H3. The Balaban J connectivity index is 1.74. The highest BCUT2D eigenvalue weighted by molar-refractivity contribution is 5.78. The summed E-state index contributed by atoms with van der Waals surface area (Å²) in [6.45, 7) is 6.95. The summed E-state index contributed by atoms with van der Waals surface area (Å²) in [5.74, 6) is 0.905. The molecule has 3 rings (SSSR count). The second-order valence-corrected chi connectivity index (χ2v) is 8.00. The molecule has 4 nitrogen and oxygen atoms in total. The maximum absolute atomic E-state index is 13.3. The fourth-order valence-electron chi connectivity index (χ4n) is 3.47. The van der Waals surface area contributed by atoms with Gasteiger partial charge in [0.05, 0.1) is 19.4 Å². The molecule has 0 spiro atoms. The van der Waals surface area contributed by atoms with Gasteiger partial charge in [-0.1, -0.05) is 56.3 Å². The predicted molar refractivity (Wildman–Crippen MR) is 116 cm³/mol. The second-order valence-electron chi connectivity index (χ2n) is 8.00. The van der Waals surface area contributed by atoms with Crippen LogP contribution in [0.5, 0.6) is 0 Å². The van der Waals surface area contributed by atoms with Crippen molar-refractivity contribution >= 4 is 5.91 Å². The van der Waals surface area contributed by atoms with Crippen LogP contribution < -0.4 is 0 Å². The van der Waals surface area contributed by atoms with Gasteiger partial charge in [0, 0.05) is 19.6 Å². The van der Waals surface area contributed by atoms with E-state index in [1.807, 2.05) is 30.3 Å². The Morgan fingerprint density at radius 3 is 2.23 bits per heavy atom. The third-order valence-electron chi connectivity index (χ3n) is 4.80. The lowest BCUT2D eigenvalue weighted by molar-refractivity contribution is -0.134. The van der Waals surface area contributed by atoms with Gasteiger partial charge in [-0.25, -0.2) is 4.39 Å². The maximum Gasteiger partial charge on any atom is 0.237 e. The first-order valence-corrected chi connectivity index (χ1v) is 10.3. The molecular weight excluding hydrogens is 379 g/mol. The van der Waals surface area contributed by atoms with E-state index >= 15 is 0 Å². The van der Waals surface area contributed by atoms with Gasteiger partial charge in [0.15, 0.2) is 0 Å². The van der Waals surface area contributed by atoms with Crippen LogP contribution in [0.2, 0.25) is 0 Å². The van der Waals surface area contributed by atoms with Crippen LogP contribution >= 0.6 is 0 Å². The molecule has 0 atom stereocenters. The molecular formula is C25H29FN2O2. The molecule has 5 heteroatoms. The quantitative estimate of drug-likeness (QED) is 0.468. The molecule has 0 aliphatic rings. The third-order valence-corrected chi connectivity index (χ3v) is 4.80. The average molecular weight is 409 g/mol. The number of hydrogen-bond acceptors (Lipinski definition) is 3. The van der Waals surface area contributed by atoms with Crippen molar-refractivity contribution in [2.75, 3.05) is 13.1 Å². The molecule has 0 bridgehead atoms. The number of carbonyl (C=O) groups is 1. The van der Waals surface area contributed by atoms with Crippen molar-refractivity contribution in [3.63, 3.8) is 0 Å². The first-order chi connectivity index (χ1) is 14.5. The van der Waals surface area contributed by atoms with E-state index in [9.17, 15) is 9.18 Å². The van der Waals surface area contributed by atoms with Gasteiger partial charge in [-0.05, 0) is 41.3 Å². The highest BCUT2D eigenvalue weighted by Gasteiger charge is 2.20. The average Bonchev–Trinajstić information content (AvgIpc) is 3.22. The van der Waals surface area contributed by atoms with E-state index < -0.39 is 0 Å². The Labute approximate surface area is 177 Å². The van der Waals surface area contributed by atoms with E-state index in [0.29, 0.717) is 25.6 Å². The number of carbonyl (C=O) groups excluding carboxylic acids is 1. The molecule has 0 N–H and O–H groups in total. The van der Waals surface area contributed by atoms with Gasteiger partial charge in [0.1, 0.15) is 11.6 Å². The van der Waals surface area contributed by atoms with Crippen LogP contribution in [0, 0.1) is 11.7 Å². The van der Waals surface area contributed by atoms with Crippen molar-refractivity contribution in [1.29, 1.82) is 0 Å². The normalized spacial score (nSPS) is 11.2. The van der Waals surface area contributed by atoms with Crippen LogP contribution in [-0.2, 0) is 24.4 Å². The molecule has 2 aromatic carbocycles. The minimum Gasteiger partial charge on any atom is -0.467 e. The topological polar surface area (TPSA) is 36.7 Å². The van der Waals surface area contributed by atoms with E-state index in [-0.39, 0.29) is 11.7 Å². The molecule has 158 valence electrons. The molecule has 0 saturated carbocycles. The SMILES string of the molecule is CC(C)CN(CC(=O)N(Cc1ccc(F)cc1)Cc1ccco1)Cc1ccccc1. The summed E-state index contributed by atoms with van der Waals surface area (Å²) in [5, 5.41) is 0. The summed E-state index contributed by atoms with van der Waals surface area (Å²) < 4.78 is 18.8. The van der Waals surface area contributed by atoms with Gasteiger partial charge < -0.3 is 9.32 Å². The molecule has 0 aliphatic heterocycles. The number of amides is 1.